The second kappa shape index (κ2) is 4.96. The first kappa shape index (κ1) is 13.5. The molecule has 3 nitrogen and oxygen atoms in total. The molecule has 0 spiro atoms. The van der Waals surface area contributed by atoms with E-state index < -0.39 is 0 Å². The Bertz CT molecular complexity index is 363. The van der Waals surface area contributed by atoms with Crippen molar-refractivity contribution in [2.24, 2.45) is 5.92 Å². The van der Waals surface area contributed by atoms with E-state index >= 15 is 0 Å². The number of rotatable bonds is 4. The van der Waals surface area contributed by atoms with Gasteiger partial charge in [0.25, 0.3) is 0 Å². The summed E-state index contributed by atoms with van der Waals surface area (Å²) in [6, 6.07) is 2.56. The molecule has 0 bridgehead atoms. The monoisotopic (exact) mass is 277 g/mol. The van der Waals surface area contributed by atoms with Gasteiger partial charge in [-0.05, 0) is 51.4 Å². The lowest BCUT2D eigenvalue weighted by molar-refractivity contribution is 0.0389. The summed E-state index contributed by atoms with van der Waals surface area (Å²) in [4.78, 5) is 5.67. The van der Waals surface area contributed by atoms with Crippen LogP contribution in [0, 0.1) is 5.92 Å². The molecule has 3 atom stereocenters. The minimum Gasteiger partial charge on any atom is -0.308 e. The van der Waals surface area contributed by atoms with Gasteiger partial charge in [0.1, 0.15) is 0 Å². The SMILES string of the molecule is CCC1CNC(C)(C2CC2)CN1C1CCN(C2CC2)C1. The maximum Gasteiger partial charge on any atom is 0.0309 e. The van der Waals surface area contributed by atoms with Crippen molar-refractivity contribution >= 4 is 0 Å². The summed E-state index contributed by atoms with van der Waals surface area (Å²) < 4.78 is 0. The minimum absolute atomic E-state index is 0.401. The van der Waals surface area contributed by atoms with Crippen LogP contribution in [0.3, 0.4) is 0 Å². The molecule has 0 aromatic rings. The van der Waals surface area contributed by atoms with Crippen LogP contribution in [0.2, 0.25) is 0 Å². The normalized spacial score (nSPS) is 44.1. The highest BCUT2D eigenvalue weighted by Gasteiger charge is 2.48. The summed E-state index contributed by atoms with van der Waals surface area (Å²) in [6.45, 7) is 10.1. The molecule has 0 aromatic heterocycles. The second-order valence-corrected chi connectivity index (χ2v) is 7.98. The van der Waals surface area contributed by atoms with Crippen molar-refractivity contribution in [3.05, 3.63) is 0 Å². The summed E-state index contributed by atoms with van der Waals surface area (Å²) in [7, 11) is 0. The van der Waals surface area contributed by atoms with Crippen molar-refractivity contribution in [2.75, 3.05) is 26.2 Å². The summed E-state index contributed by atoms with van der Waals surface area (Å²) in [5.74, 6) is 0.948. The molecule has 4 fully saturated rings. The maximum atomic E-state index is 3.90. The van der Waals surface area contributed by atoms with Gasteiger partial charge in [0.15, 0.2) is 0 Å². The predicted molar refractivity (Wildman–Crippen MR) is 82.9 cm³/mol. The van der Waals surface area contributed by atoms with Gasteiger partial charge in [-0.3, -0.25) is 9.80 Å². The molecule has 20 heavy (non-hydrogen) atoms. The van der Waals surface area contributed by atoms with Gasteiger partial charge in [-0.2, -0.15) is 0 Å². The third-order valence-corrected chi connectivity index (χ3v) is 6.40. The van der Waals surface area contributed by atoms with Gasteiger partial charge >= 0.3 is 0 Å². The van der Waals surface area contributed by atoms with E-state index in [4.69, 9.17) is 0 Å². The van der Waals surface area contributed by atoms with E-state index in [1.54, 1.807) is 0 Å². The Morgan fingerprint density at radius 3 is 2.55 bits per heavy atom. The second-order valence-electron chi connectivity index (χ2n) is 7.98. The smallest absolute Gasteiger partial charge is 0.0309 e. The van der Waals surface area contributed by atoms with Gasteiger partial charge in [0.2, 0.25) is 0 Å². The van der Waals surface area contributed by atoms with Crippen LogP contribution in [-0.2, 0) is 0 Å². The zero-order chi connectivity index (χ0) is 13.7. The topological polar surface area (TPSA) is 18.5 Å². The third-order valence-electron chi connectivity index (χ3n) is 6.40. The predicted octanol–water partition coefficient (Wildman–Crippen LogP) is 2.08. The van der Waals surface area contributed by atoms with Crippen LogP contribution in [0.15, 0.2) is 0 Å². The Labute approximate surface area is 124 Å². The number of nitrogens with zero attached hydrogens (tertiary/aromatic N) is 2. The first-order chi connectivity index (χ1) is 9.69. The zero-order valence-electron chi connectivity index (χ0n) is 13.3. The van der Waals surface area contributed by atoms with Gasteiger partial charge in [0.05, 0.1) is 0 Å². The molecule has 114 valence electrons. The van der Waals surface area contributed by atoms with E-state index in [2.05, 4.69) is 29.0 Å². The van der Waals surface area contributed by atoms with Crippen molar-refractivity contribution in [3.8, 4) is 0 Å². The molecule has 4 aliphatic rings. The Kier molecular flexibility index (Phi) is 3.36. The molecule has 4 rings (SSSR count). The lowest BCUT2D eigenvalue weighted by atomic mass is 9.89. The molecule has 2 saturated carbocycles. The van der Waals surface area contributed by atoms with Gasteiger partial charge in [-0.1, -0.05) is 6.92 Å². The van der Waals surface area contributed by atoms with E-state index in [9.17, 15) is 0 Å². The first-order valence-corrected chi connectivity index (χ1v) is 8.94. The number of piperazine rings is 1. The van der Waals surface area contributed by atoms with Crippen molar-refractivity contribution in [3.63, 3.8) is 0 Å². The van der Waals surface area contributed by atoms with Crippen LogP contribution in [0.1, 0.15) is 52.4 Å². The van der Waals surface area contributed by atoms with Crippen LogP contribution in [0.5, 0.6) is 0 Å². The number of hydrogen-bond acceptors (Lipinski definition) is 3. The third kappa shape index (κ3) is 2.42. The molecule has 0 amide bonds. The van der Waals surface area contributed by atoms with E-state index in [-0.39, 0.29) is 0 Å². The van der Waals surface area contributed by atoms with Crippen LogP contribution in [-0.4, -0.2) is 59.6 Å². The minimum atomic E-state index is 0.401. The fourth-order valence-electron chi connectivity index (χ4n) is 4.64. The summed E-state index contributed by atoms with van der Waals surface area (Å²) in [6.07, 6.45) is 8.54. The molecule has 0 aromatic carbocycles. The fourth-order valence-corrected chi connectivity index (χ4v) is 4.64. The average Bonchev–Trinajstić information content (AvgIpc) is 3.36. The zero-order valence-corrected chi connectivity index (χ0v) is 13.3. The molecule has 3 heteroatoms. The first-order valence-electron chi connectivity index (χ1n) is 8.94. The Morgan fingerprint density at radius 2 is 1.90 bits per heavy atom. The van der Waals surface area contributed by atoms with Gasteiger partial charge < -0.3 is 5.32 Å². The highest BCUT2D eigenvalue weighted by Crippen LogP contribution is 2.42. The summed E-state index contributed by atoms with van der Waals surface area (Å²) in [5, 5.41) is 3.90. The standard InChI is InChI=1S/C17H31N3/c1-3-14-10-18-17(2,13-4-5-13)12-20(14)16-8-9-19(11-16)15-6-7-15/h13-16,18H,3-12H2,1-2H3. The van der Waals surface area contributed by atoms with Gasteiger partial charge in [0, 0.05) is 49.8 Å². The molecule has 0 radical (unpaired) electrons. The van der Waals surface area contributed by atoms with Crippen molar-refractivity contribution in [1.82, 2.24) is 15.1 Å². The number of likely N-dealkylation sites (tertiary alicyclic amines) is 1. The Morgan fingerprint density at radius 1 is 1.10 bits per heavy atom. The summed E-state index contributed by atoms with van der Waals surface area (Å²) in [5.41, 5.74) is 0.401. The highest BCUT2D eigenvalue weighted by molar-refractivity contribution is 5.06. The average molecular weight is 277 g/mol. The van der Waals surface area contributed by atoms with Gasteiger partial charge in [-0.15, -0.1) is 0 Å². The molecule has 2 saturated heterocycles. The fraction of sp³-hybridized carbons (Fsp3) is 1.00. The van der Waals surface area contributed by atoms with Gasteiger partial charge in [-0.25, -0.2) is 0 Å². The molecule has 1 N–H and O–H groups in total. The molecular formula is C17H31N3. The van der Waals surface area contributed by atoms with Crippen LogP contribution in [0.25, 0.3) is 0 Å². The van der Waals surface area contributed by atoms with E-state index in [1.165, 1.54) is 64.7 Å². The lowest BCUT2D eigenvalue weighted by Gasteiger charge is -2.49. The lowest BCUT2D eigenvalue weighted by Crippen LogP contribution is -2.66. The molecule has 2 heterocycles. The number of hydrogen-bond donors (Lipinski definition) is 1. The Hall–Kier alpha value is -0.120. The quantitative estimate of drug-likeness (QED) is 0.849. The van der Waals surface area contributed by atoms with E-state index in [1.807, 2.05) is 0 Å². The maximum absolute atomic E-state index is 3.90. The van der Waals surface area contributed by atoms with Crippen molar-refractivity contribution in [2.45, 2.75) is 76.0 Å². The largest absolute Gasteiger partial charge is 0.308 e. The van der Waals surface area contributed by atoms with E-state index in [0.29, 0.717) is 5.54 Å². The molecular weight excluding hydrogens is 246 g/mol. The van der Waals surface area contributed by atoms with E-state index in [0.717, 1.165) is 24.0 Å². The molecule has 3 unspecified atom stereocenters. The van der Waals surface area contributed by atoms with Crippen molar-refractivity contribution in [1.29, 1.82) is 0 Å². The van der Waals surface area contributed by atoms with Crippen LogP contribution in [0.4, 0.5) is 0 Å². The number of nitrogens with one attached hydrogen (secondary N) is 1. The highest BCUT2D eigenvalue weighted by atomic mass is 15.3. The van der Waals surface area contributed by atoms with Crippen LogP contribution >= 0.6 is 0 Å². The van der Waals surface area contributed by atoms with Crippen molar-refractivity contribution < 1.29 is 0 Å². The Balaban J connectivity index is 1.45. The molecule has 2 aliphatic heterocycles. The summed E-state index contributed by atoms with van der Waals surface area (Å²) >= 11 is 0. The van der Waals surface area contributed by atoms with Crippen LogP contribution < -0.4 is 5.32 Å². The molecule has 2 aliphatic carbocycles.